The first-order valence-electron chi connectivity index (χ1n) is 8.23. The van der Waals surface area contributed by atoms with E-state index in [1.54, 1.807) is 0 Å². The van der Waals surface area contributed by atoms with Gasteiger partial charge in [-0.05, 0) is 49.6 Å². The first kappa shape index (κ1) is 15.6. The summed E-state index contributed by atoms with van der Waals surface area (Å²) in [7, 11) is 0. The summed E-state index contributed by atoms with van der Waals surface area (Å²) in [4.78, 5) is 17.1. The van der Waals surface area contributed by atoms with Crippen LogP contribution in [-0.4, -0.2) is 37.0 Å². The fourth-order valence-corrected chi connectivity index (χ4v) is 3.19. The van der Waals surface area contributed by atoms with Crippen molar-refractivity contribution in [3.8, 4) is 0 Å². The van der Waals surface area contributed by atoms with Gasteiger partial charge in [0.05, 0.1) is 0 Å². The number of amides is 1. The molecule has 0 unspecified atom stereocenters. The number of nitrogens with zero attached hydrogens (tertiary/aromatic N) is 2. The molecule has 120 valence electrons. The van der Waals surface area contributed by atoms with Gasteiger partial charge in [-0.1, -0.05) is 30.3 Å². The maximum absolute atomic E-state index is 12.7. The standard InChI is InChI=1S/C20H24N2O/c1-15-8-9-17(3)19(14-15)21-10-12-22(13-11-21)20(23)18-7-5-4-6-16(18)2/h4-9,14H,10-13H2,1-3H3. The van der Waals surface area contributed by atoms with Gasteiger partial charge in [-0.2, -0.15) is 0 Å². The average molecular weight is 308 g/mol. The van der Waals surface area contributed by atoms with Gasteiger partial charge in [0, 0.05) is 37.4 Å². The molecule has 0 aromatic heterocycles. The highest BCUT2D eigenvalue weighted by Crippen LogP contribution is 2.23. The second-order valence-corrected chi connectivity index (χ2v) is 6.38. The van der Waals surface area contributed by atoms with Crippen LogP contribution in [0.1, 0.15) is 27.0 Å². The quantitative estimate of drug-likeness (QED) is 0.846. The van der Waals surface area contributed by atoms with Crippen LogP contribution in [0.4, 0.5) is 5.69 Å². The Hall–Kier alpha value is -2.29. The van der Waals surface area contributed by atoms with Crippen LogP contribution in [0.25, 0.3) is 0 Å². The first-order chi connectivity index (χ1) is 11.1. The summed E-state index contributed by atoms with van der Waals surface area (Å²) in [5.74, 6) is 0.156. The lowest BCUT2D eigenvalue weighted by molar-refractivity contribution is 0.0746. The van der Waals surface area contributed by atoms with Crippen LogP contribution < -0.4 is 4.90 Å². The van der Waals surface area contributed by atoms with Crippen molar-refractivity contribution in [2.75, 3.05) is 31.1 Å². The monoisotopic (exact) mass is 308 g/mol. The summed E-state index contributed by atoms with van der Waals surface area (Å²) >= 11 is 0. The summed E-state index contributed by atoms with van der Waals surface area (Å²) in [5.41, 5.74) is 5.76. The minimum absolute atomic E-state index is 0.156. The number of benzene rings is 2. The second kappa shape index (κ2) is 6.45. The number of hydrogen-bond acceptors (Lipinski definition) is 2. The zero-order valence-corrected chi connectivity index (χ0v) is 14.2. The number of hydrogen-bond donors (Lipinski definition) is 0. The van der Waals surface area contributed by atoms with Crippen molar-refractivity contribution in [2.24, 2.45) is 0 Å². The summed E-state index contributed by atoms with van der Waals surface area (Å²) in [6.45, 7) is 9.62. The van der Waals surface area contributed by atoms with Gasteiger partial charge in [0.2, 0.25) is 0 Å². The molecule has 1 fully saturated rings. The van der Waals surface area contributed by atoms with Gasteiger partial charge >= 0.3 is 0 Å². The summed E-state index contributed by atoms with van der Waals surface area (Å²) in [6, 6.07) is 14.4. The molecule has 1 heterocycles. The molecule has 0 radical (unpaired) electrons. The molecule has 2 aromatic carbocycles. The molecule has 0 aliphatic carbocycles. The molecule has 0 N–H and O–H groups in total. The Morgan fingerprint density at radius 3 is 2.26 bits per heavy atom. The van der Waals surface area contributed by atoms with Crippen LogP contribution in [0.15, 0.2) is 42.5 Å². The van der Waals surface area contributed by atoms with Crippen LogP contribution in [-0.2, 0) is 0 Å². The predicted octanol–water partition coefficient (Wildman–Crippen LogP) is 3.57. The number of aryl methyl sites for hydroxylation is 3. The number of carbonyl (C=O) groups is 1. The molecular weight excluding hydrogens is 284 g/mol. The van der Waals surface area contributed by atoms with Crippen LogP contribution >= 0.6 is 0 Å². The Balaban J connectivity index is 1.70. The molecule has 2 aromatic rings. The highest BCUT2D eigenvalue weighted by molar-refractivity contribution is 5.95. The van der Waals surface area contributed by atoms with E-state index in [9.17, 15) is 4.79 Å². The maximum Gasteiger partial charge on any atom is 0.254 e. The van der Waals surface area contributed by atoms with E-state index in [0.29, 0.717) is 0 Å². The minimum atomic E-state index is 0.156. The van der Waals surface area contributed by atoms with Crippen molar-refractivity contribution in [1.29, 1.82) is 0 Å². The van der Waals surface area contributed by atoms with Gasteiger partial charge in [0.1, 0.15) is 0 Å². The zero-order chi connectivity index (χ0) is 16.4. The fourth-order valence-electron chi connectivity index (χ4n) is 3.19. The lowest BCUT2D eigenvalue weighted by Gasteiger charge is -2.37. The van der Waals surface area contributed by atoms with Gasteiger partial charge in [-0.15, -0.1) is 0 Å². The largest absolute Gasteiger partial charge is 0.368 e. The molecule has 1 saturated heterocycles. The van der Waals surface area contributed by atoms with Gasteiger partial charge in [-0.25, -0.2) is 0 Å². The fraction of sp³-hybridized carbons (Fsp3) is 0.350. The predicted molar refractivity (Wildman–Crippen MR) is 95.2 cm³/mol. The highest BCUT2D eigenvalue weighted by atomic mass is 16.2. The Labute approximate surface area is 138 Å². The van der Waals surface area contributed by atoms with E-state index >= 15 is 0 Å². The van der Waals surface area contributed by atoms with E-state index in [2.05, 4.69) is 36.9 Å². The van der Waals surface area contributed by atoms with E-state index in [0.717, 1.165) is 37.3 Å². The number of rotatable bonds is 2. The molecule has 1 aliphatic heterocycles. The molecule has 0 atom stereocenters. The van der Waals surface area contributed by atoms with E-state index in [1.807, 2.05) is 36.1 Å². The number of carbonyl (C=O) groups excluding carboxylic acids is 1. The summed E-state index contributed by atoms with van der Waals surface area (Å²) in [5, 5.41) is 0. The lowest BCUT2D eigenvalue weighted by Crippen LogP contribution is -2.49. The third-order valence-corrected chi connectivity index (χ3v) is 4.65. The number of anilines is 1. The maximum atomic E-state index is 12.7. The Bertz CT molecular complexity index is 715. The molecular formula is C20H24N2O. The Kier molecular flexibility index (Phi) is 4.37. The third kappa shape index (κ3) is 3.24. The minimum Gasteiger partial charge on any atom is -0.368 e. The first-order valence-corrected chi connectivity index (χ1v) is 8.23. The van der Waals surface area contributed by atoms with Crippen LogP contribution in [0.5, 0.6) is 0 Å². The van der Waals surface area contributed by atoms with Crippen molar-refractivity contribution >= 4 is 11.6 Å². The topological polar surface area (TPSA) is 23.6 Å². The van der Waals surface area contributed by atoms with Gasteiger partial charge in [0.15, 0.2) is 0 Å². The van der Waals surface area contributed by atoms with E-state index in [1.165, 1.54) is 16.8 Å². The van der Waals surface area contributed by atoms with Crippen molar-refractivity contribution in [3.63, 3.8) is 0 Å². The zero-order valence-electron chi connectivity index (χ0n) is 14.2. The lowest BCUT2D eigenvalue weighted by atomic mass is 10.1. The summed E-state index contributed by atoms with van der Waals surface area (Å²) in [6.07, 6.45) is 0. The highest BCUT2D eigenvalue weighted by Gasteiger charge is 2.23. The third-order valence-electron chi connectivity index (χ3n) is 4.65. The molecule has 1 aliphatic rings. The molecule has 0 bridgehead atoms. The molecule has 3 rings (SSSR count). The molecule has 3 nitrogen and oxygen atoms in total. The smallest absolute Gasteiger partial charge is 0.254 e. The number of piperazine rings is 1. The molecule has 3 heteroatoms. The second-order valence-electron chi connectivity index (χ2n) is 6.38. The Morgan fingerprint density at radius 1 is 0.870 bits per heavy atom. The van der Waals surface area contributed by atoms with E-state index in [4.69, 9.17) is 0 Å². The van der Waals surface area contributed by atoms with Crippen molar-refractivity contribution in [1.82, 2.24) is 4.90 Å². The van der Waals surface area contributed by atoms with Crippen LogP contribution in [0.3, 0.4) is 0 Å². The molecule has 23 heavy (non-hydrogen) atoms. The molecule has 1 amide bonds. The van der Waals surface area contributed by atoms with Gasteiger partial charge in [-0.3, -0.25) is 4.79 Å². The SMILES string of the molecule is Cc1ccc(C)c(N2CCN(C(=O)c3ccccc3C)CC2)c1. The van der Waals surface area contributed by atoms with E-state index in [-0.39, 0.29) is 5.91 Å². The molecule has 0 spiro atoms. The molecule has 0 saturated carbocycles. The van der Waals surface area contributed by atoms with Gasteiger partial charge < -0.3 is 9.80 Å². The Morgan fingerprint density at radius 2 is 1.57 bits per heavy atom. The van der Waals surface area contributed by atoms with Crippen LogP contribution in [0, 0.1) is 20.8 Å². The van der Waals surface area contributed by atoms with E-state index < -0.39 is 0 Å². The average Bonchev–Trinajstić information content (AvgIpc) is 2.57. The van der Waals surface area contributed by atoms with Crippen molar-refractivity contribution in [3.05, 3.63) is 64.7 Å². The van der Waals surface area contributed by atoms with Crippen molar-refractivity contribution < 1.29 is 4.79 Å². The normalized spacial score (nSPS) is 14.9. The van der Waals surface area contributed by atoms with Crippen LogP contribution in [0.2, 0.25) is 0 Å². The summed E-state index contributed by atoms with van der Waals surface area (Å²) < 4.78 is 0. The van der Waals surface area contributed by atoms with Crippen molar-refractivity contribution in [2.45, 2.75) is 20.8 Å². The van der Waals surface area contributed by atoms with Gasteiger partial charge in [0.25, 0.3) is 5.91 Å².